The number of benzene rings is 2. The first-order valence-electron chi connectivity index (χ1n) is 11.1. The van der Waals surface area contributed by atoms with Crippen LogP contribution in [0.3, 0.4) is 0 Å². The maximum atomic E-state index is 9.01. The minimum Gasteiger partial charge on any atom is -0.487 e. The van der Waals surface area contributed by atoms with Gasteiger partial charge in [0.2, 0.25) is 0 Å². The lowest BCUT2D eigenvalue weighted by Gasteiger charge is -2.48. The van der Waals surface area contributed by atoms with Gasteiger partial charge < -0.3 is 15.2 Å². The number of halogens is 1. The second-order valence-electron chi connectivity index (χ2n) is 8.64. The van der Waals surface area contributed by atoms with E-state index in [1.807, 2.05) is 48.5 Å². The van der Waals surface area contributed by atoms with Crippen LogP contribution in [0, 0.1) is 0 Å². The first kappa shape index (κ1) is 27.9. The van der Waals surface area contributed by atoms with Crippen molar-refractivity contribution in [3.63, 3.8) is 0 Å². The summed E-state index contributed by atoms with van der Waals surface area (Å²) >= 11 is 3.40. The Balaban J connectivity index is 0.000000373. The average Bonchev–Trinajstić information content (AvgIpc) is 2.76. The second kappa shape index (κ2) is 14.1. The molecular formula is C26H42BrNO2S. The van der Waals surface area contributed by atoms with Crippen molar-refractivity contribution < 1.29 is 9.84 Å². The zero-order valence-electron chi connectivity index (χ0n) is 20.3. The van der Waals surface area contributed by atoms with Crippen LogP contribution in [0.1, 0.15) is 52.7 Å². The predicted octanol–water partition coefficient (Wildman–Crippen LogP) is 7.21. The Kier molecular flexibility index (Phi) is 12.7. The van der Waals surface area contributed by atoms with Gasteiger partial charge in [0.25, 0.3) is 0 Å². The number of nitrogens with one attached hydrogen (secondary N) is 1. The van der Waals surface area contributed by atoms with Gasteiger partial charge in [-0.25, -0.2) is 10.0 Å². The van der Waals surface area contributed by atoms with Crippen LogP contribution in [-0.4, -0.2) is 39.0 Å². The van der Waals surface area contributed by atoms with Crippen LogP contribution in [0.4, 0.5) is 5.69 Å². The minimum atomic E-state index is -0.389. The summed E-state index contributed by atoms with van der Waals surface area (Å²) in [6, 6.07) is 15.7. The fourth-order valence-corrected chi connectivity index (χ4v) is 6.92. The van der Waals surface area contributed by atoms with Crippen LogP contribution < -0.4 is 10.1 Å². The summed E-state index contributed by atoms with van der Waals surface area (Å²) < 4.78 is 5.85. The molecule has 31 heavy (non-hydrogen) atoms. The van der Waals surface area contributed by atoms with Gasteiger partial charge in [-0.1, -0.05) is 93.9 Å². The SMILES string of the molecule is CC(C)S(C)(C(C)C)C(C)C.OCc1ccc(COc2ccccc2NCCBr)cc1. The third-order valence-corrected chi connectivity index (χ3v) is 12.4. The molecule has 2 rings (SSSR count). The lowest BCUT2D eigenvalue weighted by atomic mass is 10.1. The highest BCUT2D eigenvalue weighted by Gasteiger charge is 2.29. The summed E-state index contributed by atoms with van der Waals surface area (Å²) in [4.78, 5) is 0. The van der Waals surface area contributed by atoms with Crippen molar-refractivity contribution >= 4 is 31.6 Å². The first-order chi connectivity index (χ1) is 14.7. The van der Waals surface area contributed by atoms with E-state index in [2.05, 4.69) is 69.0 Å². The van der Waals surface area contributed by atoms with Crippen LogP contribution in [0.15, 0.2) is 48.5 Å². The number of hydrogen-bond acceptors (Lipinski definition) is 3. The van der Waals surface area contributed by atoms with Crippen LogP contribution in [-0.2, 0) is 13.2 Å². The van der Waals surface area contributed by atoms with Crippen molar-refractivity contribution in [2.45, 2.75) is 70.5 Å². The molecule has 0 atom stereocenters. The maximum Gasteiger partial charge on any atom is 0.142 e. The van der Waals surface area contributed by atoms with Gasteiger partial charge in [0.05, 0.1) is 12.3 Å². The third kappa shape index (κ3) is 8.70. The fraction of sp³-hybridized carbons (Fsp3) is 0.538. The van der Waals surface area contributed by atoms with E-state index >= 15 is 0 Å². The second-order valence-corrected chi connectivity index (χ2v) is 14.5. The van der Waals surface area contributed by atoms with Crippen molar-refractivity contribution in [1.82, 2.24) is 0 Å². The predicted molar refractivity (Wildman–Crippen MR) is 144 cm³/mol. The van der Waals surface area contributed by atoms with Crippen molar-refractivity contribution in [3.8, 4) is 5.75 Å². The Morgan fingerprint density at radius 1 is 0.871 bits per heavy atom. The lowest BCUT2D eigenvalue weighted by Crippen LogP contribution is -2.27. The van der Waals surface area contributed by atoms with E-state index < -0.39 is 0 Å². The van der Waals surface area contributed by atoms with Crippen LogP contribution in [0.25, 0.3) is 0 Å². The molecule has 5 heteroatoms. The molecule has 3 nitrogen and oxygen atoms in total. The number of hydrogen-bond donors (Lipinski definition) is 2. The molecule has 0 unspecified atom stereocenters. The Morgan fingerprint density at radius 3 is 1.84 bits per heavy atom. The highest BCUT2D eigenvalue weighted by atomic mass is 79.9. The van der Waals surface area contributed by atoms with Crippen molar-refractivity contribution in [1.29, 1.82) is 0 Å². The smallest absolute Gasteiger partial charge is 0.142 e. The molecule has 0 aromatic heterocycles. The molecule has 176 valence electrons. The van der Waals surface area contributed by atoms with Crippen LogP contribution in [0.5, 0.6) is 5.75 Å². The van der Waals surface area contributed by atoms with Gasteiger partial charge in [-0.05, 0) is 45.3 Å². The van der Waals surface area contributed by atoms with Gasteiger partial charge >= 0.3 is 0 Å². The largest absolute Gasteiger partial charge is 0.487 e. The van der Waals surface area contributed by atoms with Gasteiger partial charge in [0.15, 0.2) is 0 Å². The molecule has 0 fully saturated rings. The Labute approximate surface area is 200 Å². The fourth-order valence-electron chi connectivity index (χ4n) is 3.46. The lowest BCUT2D eigenvalue weighted by molar-refractivity contribution is 0.281. The van der Waals surface area contributed by atoms with Crippen molar-refractivity contribution in [2.24, 2.45) is 0 Å². The Hall–Kier alpha value is -1.17. The number of aliphatic hydroxyl groups excluding tert-OH is 1. The Bertz CT molecular complexity index is 726. The van der Waals surface area contributed by atoms with E-state index in [0.717, 1.165) is 50.2 Å². The number of ether oxygens (including phenoxy) is 1. The summed E-state index contributed by atoms with van der Waals surface area (Å²) in [6.07, 6.45) is 2.49. The number of anilines is 1. The zero-order valence-corrected chi connectivity index (χ0v) is 22.7. The minimum absolute atomic E-state index is 0.0699. The topological polar surface area (TPSA) is 41.5 Å². The molecule has 2 aromatic carbocycles. The van der Waals surface area contributed by atoms with E-state index in [9.17, 15) is 0 Å². The summed E-state index contributed by atoms with van der Waals surface area (Å²) in [5, 5.41) is 15.8. The third-order valence-electron chi connectivity index (χ3n) is 5.94. The number of alkyl halides is 1. The van der Waals surface area contributed by atoms with E-state index in [-0.39, 0.29) is 16.6 Å². The van der Waals surface area contributed by atoms with Crippen molar-refractivity contribution in [3.05, 3.63) is 59.7 Å². The van der Waals surface area contributed by atoms with E-state index in [1.54, 1.807) is 0 Å². The van der Waals surface area contributed by atoms with Gasteiger partial charge in [-0.2, -0.15) is 0 Å². The summed E-state index contributed by atoms with van der Waals surface area (Å²) in [5.74, 6) is 0.847. The molecular weight excluding hydrogens is 470 g/mol. The molecule has 2 N–H and O–H groups in total. The molecule has 0 radical (unpaired) electrons. The zero-order chi connectivity index (χ0) is 23.4. The van der Waals surface area contributed by atoms with E-state index in [0.29, 0.717) is 6.61 Å². The molecule has 0 bridgehead atoms. The van der Waals surface area contributed by atoms with E-state index in [4.69, 9.17) is 9.84 Å². The molecule has 0 aliphatic heterocycles. The summed E-state index contributed by atoms with van der Waals surface area (Å²) in [6.45, 7) is 15.7. The molecule has 0 aliphatic carbocycles. The molecule has 0 spiro atoms. The molecule has 0 saturated carbocycles. The van der Waals surface area contributed by atoms with Crippen molar-refractivity contribution in [2.75, 3.05) is 23.4 Å². The quantitative estimate of drug-likeness (QED) is 0.331. The first-order valence-corrected chi connectivity index (χ1v) is 14.5. The highest BCUT2D eigenvalue weighted by Crippen LogP contribution is 2.56. The van der Waals surface area contributed by atoms with Crippen LogP contribution >= 0.6 is 26.0 Å². The normalized spacial score (nSPS) is 12.0. The van der Waals surface area contributed by atoms with Gasteiger partial charge in [-0.15, -0.1) is 0 Å². The molecule has 0 aliphatic rings. The molecule has 0 amide bonds. The van der Waals surface area contributed by atoms with E-state index in [1.165, 1.54) is 0 Å². The maximum absolute atomic E-state index is 9.01. The highest BCUT2D eigenvalue weighted by molar-refractivity contribution is 9.09. The summed E-state index contributed by atoms with van der Waals surface area (Å²) in [7, 11) is -0.389. The number of aliphatic hydroxyl groups is 1. The monoisotopic (exact) mass is 511 g/mol. The van der Waals surface area contributed by atoms with Gasteiger partial charge in [0.1, 0.15) is 12.4 Å². The summed E-state index contributed by atoms with van der Waals surface area (Å²) in [5.41, 5.74) is 2.99. The van der Waals surface area contributed by atoms with Gasteiger partial charge in [0, 0.05) is 11.9 Å². The number of para-hydroxylation sites is 2. The Morgan fingerprint density at radius 2 is 1.39 bits per heavy atom. The molecule has 0 saturated heterocycles. The molecule has 2 aromatic rings. The van der Waals surface area contributed by atoms with Crippen LogP contribution in [0.2, 0.25) is 0 Å². The average molecular weight is 513 g/mol. The number of rotatable bonds is 10. The van der Waals surface area contributed by atoms with Gasteiger partial charge in [-0.3, -0.25) is 0 Å². The molecule has 0 heterocycles. The standard InChI is InChI=1S/C16H18BrNO2.C10H24S/c17-9-10-18-15-3-1-2-4-16(15)20-12-14-7-5-13(11-19)6-8-14;1-8(2)11(7,9(3)4)10(5)6/h1-8,18-19H,9-12H2;8-10H,1-7H3.